The second-order valence-corrected chi connectivity index (χ2v) is 6.51. The van der Waals surface area contributed by atoms with Crippen molar-refractivity contribution in [2.75, 3.05) is 0 Å². The van der Waals surface area contributed by atoms with E-state index in [4.69, 9.17) is 4.18 Å². The molecule has 0 unspecified atom stereocenters. The van der Waals surface area contributed by atoms with Crippen molar-refractivity contribution < 1.29 is 12.6 Å². The van der Waals surface area contributed by atoms with Gasteiger partial charge in [0.05, 0.1) is 5.69 Å². The van der Waals surface area contributed by atoms with Gasteiger partial charge in [0.15, 0.2) is 0 Å². The summed E-state index contributed by atoms with van der Waals surface area (Å²) in [6.45, 7) is 1.88. The summed E-state index contributed by atoms with van der Waals surface area (Å²) in [7, 11) is -3.90. The zero-order chi connectivity index (χ0) is 17.0. The Balaban J connectivity index is 1.80. The van der Waals surface area contributed by atoms with Crippen LogP contribution in [0.25, 0.3) is 0 Å². The van der Waals surface area contributed by atoms with E-state index < -0.39 is 10.1 Å². The van der Waals surface area contributed by atoms with E-state index in [9.17, 15) is 8.42 Å². The van der Waals surface area contributed by atoms with Gasteiger partial charge in [-0.2, -0.15) is 8.42 Å². The molecule has 1 N–H and O–H groups in total. The van der Waals surface area contributed by atoms with E-state index in [2.05, 4.69) is 20.2 Å². The summed E-state index contributed by atoms with van der Waals surface area (Å²) in [6, 6.07) is 12.8. The SMILES string of the molecule is Cc1ccc(S(=O)(=O)Oc2cccc(N=Nc3ncc[nH]3)c2)cc1. The first-order chi connectivity index (χ1) is 11.5. The average molecular weight is 342 g/mol. The maximum absolute atomic E-state index is 12.3. The highest BCUT2D eigenvalue weighted by molar-refractivity contribution is 7.87. The number of hydrogen-bond acceptors (Lipinski definition) is 6. The van der Waals surface area contributed by atoms with Crippen LogP contribution in [-0.2, 0) is 10.1 Å². The Morgan fingerprint density at radius 3 is 2.58 bits per heavy atom. The zero-order valence-corrected chi connectivity index (χ0v) is 13.6. The maximum Gasteiger partial charge on any atom is 0.339 e. The van der Waals surface area contributed by atoms with Crippen molar-refractivity contribution in [3.63, 3.8) is 0 Å². The van der Waals surface area contributed by atoms with E-state index in [1.54, 1.807) is 36.7 Å². The minimum Gasteiger partial charge on any atom is -0.379 e. The van der Waals surface area contributed by atoms with E-state index in [0.29, 0.717) is 11.6 Å². The number of rotatable bonds is 5. The van der Waals surface area contributed by atoms with E-state index in [0.717, 1.165) is 5.56 Å². The van der Waals surface area contributed by atoms with Gasteiger partial charge in [0.1, 0.15) is 10.6 Å². The fraction of sp³-hybridized carbons (Fsp3) is 0.0625. The number of H-pyrrole nitrogens is 1. The van der Waals surface area contributed by atoms with E-state index >= 15 is 0 Å². The van der Waals surface area contributed by atoms with Gasteiger partial charge in [-0.1, -0.05) is 23.8 Å². The molecule has 0 saturated heterocycles. The molecule has 0 aliphatic rings. The Bertz CT molecular complexity index is 949. The molecule has 0 radical (unpaired) electrons. The van der Waals surface area contributed by atoms with Gasteiger partial charge in [0, 0.05) is 18.5 Å². The number of azo groups is 1. The summed E-state index contributed by atoms with van der Waals surface area (Å²) in [5, 5.41) is 7.88. The lowest BCUT2D eigenvalue weighted by atomic mass is 10.2. The van der Waals surface area contributed by atoms with Gasteiger partial charge < -0.3 is 9.17 Å². The molecule has 0 amide bonds. The van der Waals surface area contributed by atoms with Gasteiger partial charge in [-0.25, -0.2) is 4.98 Å². The van der Waals surface area contributed by atoms with Gasteiger partial charge in [0.2, 0.25) is 5.95 Å². The first-order valence-electron chi connectivity index (χ1n) is 7.05. The molecule has 7 nitrogen and oxygen atoms in total. The van der Waals surface area contributed by atoms with Crippen LogP contribution < -0.4 is 4.18 Å². The van der Waals surface area contributed by atoms with Crippen molar-refractivity contribution in [1.82, 2.24) is 9.97 Å². The summed E-state index contributed by atoms with van der Waals surface area (Å²) in [6.07, 6.45) is 3.18. The van der Waals surface area contributed by atoms with Gasteiger partial charge in [-0.15, -0.1) is 10.2 Å². The van der Waals surface area contributed by atoms with Crippen LogP contribution in [0.15, 0.2) is 76.0 Å². The highest BCUT2D eigenvalue weighted by atomic mass is 32.2. The van der Waals surface area contributed by atoms with Crippen LogP contribution in [0.3, 0.4) is 0 Å². The zero-order valence-electron chi connectivity index (χ0n) is 12.7. The van der Waals surface area contributed by atoms with Crippen LogP contribution in [0.2, 0.25) is 0 Å². The molecule has 0 spiro atoms. The van der Waals surface area contributed by atoms with Crippen LogP contribution in [0, 0.1) is 6.92 Å². The smallest absolute Gasteiger partial charge is 0.339 e. The third-order valence-corrected chi connectivity index (χ3v) is 4.34. The standard InChI is InChI=1S/C16H14N4O3S/c1-12-5-7-15(8-6-12)24(21,22)23-14-4-2-3-13(11-14)19-20-16-17-9-10-18-16/h2-11H,1H3,(H,17,18). The molecule has 3 rings (SSSR count). The number of nitrogens with zero attached hydrogens (tertiary/aromatic N) is 3. The summed E-state index contributed by atoms with van der Waals surface area (Å²) < 4.78 is 29.7. The molecular weight excluding hydrogens is 328 g/mol. The van der Waals surface area contributed by atoms with Crippen molar-refractivity contribution in [3.05, 3.63) is 66.5 Å². The van der Waals surface area contributed by atoms with Crippen molar-refractivity contribution in [2.45, 2.75) is 11.8 Å². The fourth-order valence-electron chi connectivity index (χ4n) is 1.89. The summed E-state index contributed by atoms with van der Waals surface area (Å²) >= 11 is 0. The van der Waals surface area contributed by atoms with Gasteiger partial charge >= 0.3 is 10.1 Å². The van der Waals surface area contributed by atoms with Crippen LogP contribution in [-0.4, -0.2) is 18.4 Å². The number of aromatic amines is 1. The predicted octanol–water partition coefficient (Wildman–Crippen LogP) is 3.90. The first kappa shape index (κ1) is 15.9. The second kappa shape index (κ2) is 6.63. The molecule has 3 aromatic rings. The van der Waals surface area contributed by atoms with Crippen molar-refractivity contribution >= 4 is 21.8 Å². The van der Waals surface area contributed by atoms with Crippen molar-refractivity contribution in [2.24, 2.45) is 10.2 Å². The Kier molecular flexibility index (Phi) is 4.39. The second-order valence-electron chi connectivity index (χ2n) is 4.96. The van der Waals surface area contributed by atoms with Crippen LogP contribution in [0.1, 0.15) is 5.56 Å². The Morgan fingerprint density at radius 1 is 1.08 bits per heavy atom. The number of aromatic nitrogens is 2. The van der Waals surface area contributed by atoms with Crippen molar-refractivity contribution in [3.8, 4) is 5.75 Å². The van der Waals surface area contributed by atoms with Gasteiger partial charge in [-0.3, -0.25) is 0 Å². The minimum atomic E-state index is -3.90. The molecule has 122 valence electrons. The van der Waals surface area contributed by atoms with Gasteiger partial charge in [0.25, 0.3) is 0 Å². The third kappa shape index (κ3) is 3.85. The Labute approximate surface area is 139 Å². The predicted molar refractivity (Wildman–Crippen MR) is 88.2 cm³/mol. The number of nitrogens with one attached hydrogen (secondary N) is 1. The fourth-order valence-corrected chi connectivity index (χ4v) is 2.82. The average Bonchev–Trinajstić information content (AvgIpc) is 3.07. The highest BCUT2D eigenvalue weighted by Gasteiger charge is 2.16. The van der Waals surface area contributed by atoms with E-state index in [1.165, 1.54) is 24.3 Å². The quantitative estimate of drug-likeness (QED) is 0.561. The number of imidazole rings is 1. The summed E-state index contributed by atoms with van der Waals surface area (Å²) in [5.74, 6) is 0.514. The normalized spacial score (nSPS) is 11.7. The molecule has 0 aliphatic carbocycles. The Hall–Kier alpha value is -3.00. The molecule has 8 heteroatoms. The monoisotopic (exact) mass is 342 g/mol. The number of benzene rings is 2. The topological polar surface area (TPSA) is 96.8 Å². The third-order valence-electron chi connectivity index (χ3n) is 3.08. The molecule has 0 aliphatic heterocycles. The lowest BCUT2D eigenvalue weighted by molar-refractivity contribution is 0.486. The number of hydrogen-bond donors (Lipinski definition) is 1. The lowest BCUT2D eigenvalue weighted by Crippen LogP contribution is -2.09. The molecule has 24 heavy (non-hydrogen) atoms. The van der Waals surface area contributed by atoms with Crippen LogP contribution >= 0.6 is 0 Å². The highest BCUT2D eigenvalue weighted by Crippen LogP contribution is 2.24. The number of aryl methyl sites for hydroxylation is 1. The molecule has 0 fully saturated rings. The largest absolute Gasteiger partial charge is 0.379 e. The van der Waals surface area contributed by atoms with Gasteiger partial charge in [-0.05, 0) is 31.2 Å². The maximum atomic E-state index is 12.3. The molecular formula is C16H14N4O3S. The molecule has 0 bridgehead atoms. The molecule has 0 atom stereocenters. The molecule has 1 aromatic heterocycles. The van der Waals surface area contributed by atoms with E-state index in [-0.39, 0.29) is 10.6 Å². The lowest BCUT2D eigenvalue weighted by Gasteiger charge is -2.07. The molecule has 0 saturated carbocycles. The first-order valence-corrected chi connectivity index (χ1v) is 8.46. The van der Waals surface area contributed by atoms with E-state index in [1.807, 2.05) is 6.92 Å². The minimum absolute atomic E-state index is 0.0933. The van der Waals surface area contributed by atoms with Crippen LogP contribution in [0.4, 0.5) is 11.6 Å². The summed E-state index contributed by atoms with van der Waals surface area (Å²) in [4.78, 5) is 6.80. The van der Waals surface area contributed by atoms with Crippen molar-refractivity contribution in [1.29, 1.82) is 0 Å². The van der Waals surface area contributed by atoms with Crippen LogP contribution in [0.5, 0.6) is 5.75 Å². The Morgan fingerprint density at radius 2 is 1.88 bits per heavy atom. The summed E-state index contributed by atoms with van der Waals surface area (Å²) in [5.41, 5.74) is 1.41. The molecule has 1 heterocycles. The molecule has 2 aromatic carbocycles.